The molecule has 0 amide bonds. The SMILES string of the molecule is CCC1CN(C2CCCCCC2O)C(CC)CN1. The topological polar surface area (TPSA) is 35.5 Å². The number of nitrogens with one attached hydrogen (secondary N) is 1. The van der Waals surface area contributed by atoms with Crippen molar-refractivity contribution >= 4 is 0 Å². The molecule has 4 atom stereocenters. The maximum absolute atomic E-state index is 10.4. The third kappa shape index (κ3) is 3.25. The molecule has 1 aliphatic carbocycles. The molecule has 0 aromatic carbocycles. The first kappa shape index (κ1) is 14.3. The summed E-state index contributed by atoms with van der Waals surface area (Å²) in [4.78, 5) is 2.63. The van der Waals surface area contributed by atoms with Crippen LogP contribution in [0.1, 0.15) is 58.8 Å². The summed E-state index contributed by atoms with van der Waals surface area (Å²) in [7, 11) is 0. The molecule has 2 N–H and O–H groups in total. The summed E-state index contributed by atoms with van der Waals surface area (Å²) in [5, 5.41) is 14.1. The highest BCUT2D eigenvalue weighted by Crippen LogP contribution is 2.26. The molecule has 0 spiro atoms. The van der Waals surface area contributed by atoms with Crippen LogP contribution < -0.4 is 5.32 Å². The van der Waals surface area contributed by atoms with Crippen LogP contribution in [0.15, 0.2) is 0 Å². The van der Waals surface area contributed by atoms with Gasteiger partial charge >= 0.3 is 0 Å². The minimum atomic E-state index is -0.0999. The molecule has 0 aromatic heterocycles. The Hall–Kier alpha value is -0.120. The van der Waals surface area contributed by atoms with Crippen molar-refractivity contribution < 1.29 is 5.11 Å². The van der Waals surface area contributed by atoms with Crippen LogP contribution in [0.5, 0.6) is 0 Å². The normalized spacial score (nSPS) is 39.5. The Bertz CT molecular complexity index is 247. The fourth-order valence-corrected chi connectivity index (χ4v) is 3.60. The average molecular weight is 254 g/mol. The smallest absolute Gasteiger partial charge is 0.0695 e. The lowest BCUT2D eigenvalue weighted by molar-refractivity contribution is -0.00252. The van der Waals surface area contributed by atoms with Gasteiger partial charge in [0.15, 0.2) is 0 Å². The molecule has 4 unspecified atom stereocenters. The van der Waals surface area contributed by atoms with E-state index < -0.39 is 0 Å². The van der Waals surface area contributed by atoms with Crippen molar-refractivity contribution in [3.8, 4) is 0 Å². The molecule has 1 heterocycles. The van der Waals surface area contributed by atoms with Gasteiger partial charge in [0, 0.05) is 31.2 Å². The molecule has 1 saturated carbocycles. The average Bonchev–Trinajstić information content (AvgIpc) is 2.62. The van der Waals surface area contributed by atoms with Gasteiger partial charge in [-0.2, -0.15) is 0 Å². The molecule has 18 heavy (non-hydrogen) atoms. The summed E-state index contributed by atoms with van der Waals surface area (Å²) in [6, 6.07) is 1.64. The largest absolute Gasteiger partial charge is 0.391 e. The van der Waals surface area contributed by atoms with Crippen LogP contribution in [0, 0.1) is 0 Å². The van der Waals surface area contributed by atoms with E-state index in [0.717, 1.165) is 19.5 Å². The Morgan fingerprint density at radius 1 is 1.11 bits per heavy atom. The highest BCUT2D eigenvalue weighted by atomic mass is 16.3. The van der Waals surface area contributed by atoms with Crippen LogP contribution in [-0.2, 0) is 0 Å². The van der Waals surface area contributed by atoms with Crippen LogP contribution >= 0.6 is 0 Å². The first-order valence-electron chi connectivity index (χ1n) is 7.93. The zero-order valence-corrected chi connectivity index (χ0v) is 12.1. The number of hydrogen-bond acceptors (Lipinski definition) is 3. The predicted octanol–water partition coefficient (Wildman–Crippen LogP) is 2.14. The van der Waals surface area contributed by atoms with E-state index in [1.54, 1.807) is 0 Å². The first-order valence-corrected chi connectivity index (χ1v) is 7.93. The van der Waals surface area contributed by atoms with E-state index in [2.05, 4.69) is 24.1 Å². The predicted molar refractivity (Wildman–Crippen MR) is 75.7 cm³/mol. The summed E-state index contributed by atoms with van der Waals surface area (Å²) in [5.41, 5.74) is 0. The van der Waals surface area contributed by atoms with E-state index in [-0.39, 0.29) is 6.10 Å². The summed E-state index contributed by atoms with van der Waals surface area (Å²) >= 11 is 0. The second kappa shape index (κ2) is 6.88. The number of aliphatic hydroxyl groups excluding tert-OH is 1. The van der Waals surface area contributed by atoms with E-state index in [1.165, 1.54) is 38.5 Å². The monoisotopic (exact) mass is 254 g/mol. The van der Waals surface area contributed by atoms with Gasteiger partial charge in [0.1, 0.15) is 0 Å². The van der Waals surface area contributed by atoms with Gasteiger partial charge in [-0.05, 0) is 25.7 Å². The van der Waals surface area contributed by atoms with Crippen LogP contribution in [-0.4, -0.2) is 47.3 Å². The van der Waals surface area contributed by atoms with E-state index in [4.69, 9.17) is 0 Å². The minimum absolute atomic E-state index is 0.0999. The Labute approximate surface area is 112 Å². The quantitative estimate of drug-likeness (QED) is 0.758. The molecule has 106 valence electrons. The molecule has 1 aliphatic heterocycles. The van der Waals surface area contributed by atoms with Crippen molar-refractivity contribution in [1.82, 2.24) is 10.2 Å². The van der Waals surface area contributed by atoms with E-state index in [0.29, 0.717) is 18.1 Å². The highest BCUT2D eigenvalue weighted by Gasteiger charge is 2.35. The molecule has 2 fully saturated rings. The van der Waals surface area contributed by atoms with Gasteiger partial charge in [0.25, 0.3) is 0 Å². The number of rotatable bonds is 3. The lowest BCUT2D eigenvalue weighted by atomic mass is 9.97. The van der Waals surface area contributed by atoms with Crippen molar-refractivity contribution in [3.63, 3.8) is 0 Å². The van der Waals surface area contributed by atoms with Gasteiger partial charge < -0.3 is 10.4 Å². The number of nitrogens with zero attached hydrogens (tertiary/aromatic N) is 1. The van der Waals surface area contributed by atoms with Gasteiger partial charge in [-0.25, -0.2) is 0 Å². The summed E-state index contributed by atoms with van der Waals surface area (Å²) < 4.78 is 0. The maximum Gasteiger partial charge on any atom is 0.0695 e. The first-order chi connectivity index (χ1) is 8.76. The van der Waals surface area contributed by atoms with E-state index in [9.17, 15) is 5.11 Å². The molecule has 0 bridgehead atoms. The van der Waals surface area contributed by atoms with E-state index in [1.807, 2.05) is 0 Å². The number of hydrogen-bond donors (Lipinski definition) is 2. The molecule has 2 rings (SSSR count). The van der Waals surface area contributed by atoms with Gasteiger partial charge in [-0.1, -0.05) is 33.1 Å². The fourth-order valence-electron chi connectivity index (χ4n) is 3.60. The summed E-state index contributed by atoms with van der Waals surface area (Å²) in [6.45, 7) is 6.75. The molecule has 3 heteroatoms. The molecule has 0 aromatic rings. The third-order valence-corrected chi connectivity index (χ3v) is 4.88. The third-order valence-electron chi connectivity index (χ3n) is 4.88. The second-order valence-corrected chi connectivity index (χ2v) is 6.04. The van der Waals surface area contributed by atoms with Crippen LogP contribution in [0.4, 0.5) is 0 Å². The maximum atomic E-state index is 10.4. The molecular weight excluding hydrogens is 224 g/mol. The fraction of sp³-hybridized carbons (Fsp3) is 1.00. The lowest BCUT2D eigenvalue weighted by Crippen LogP contribution is -2.61. The van der Waals surface area contributed by atoms with Gasteiger partial charge in [0.05, 0.1) is 6.10 Å². The summed E-state index contributed by atoms with van der Waals surface area (Å²) in [5.74, 6) is 0. The molecule has 2 aliphatic rings. The summed E-state index contributed by atoms with van der Waals surface area (Å²) in [6.07, 6.45) is 8.26. The van der Waals surface area contributed by atoms with Gasteiger partial charge in [-0.3, -0.25) is 4.90 Å². The minimum Gasteiger partial charge on any atom is -0.391 e. The lowest BCUT2D eigenvalue weighted by Gasteiger charge is -2.45. The standard InChI is InChI=1S/C15H30N2O/c1-3-12-11-17(13(4-2)10-16-12)14-8-6-5-7-9-15(14)18/h12-16,18H,3-11H2,1-2H3. The zero-order valence-electron chi connectivity index (χ0n) is 12.1. The van der Waals surface area contributed by atoms with E-state index >= 15 is 0 Å². The Balaban J connectivity index is 2.05. The molecular formula is C15H30N2O. The molecule has 3 nitrogen and oxygen atoms in total. The van der Waals surface area contributed by atoms with Crippen LogP contribution in [0.3, 0.4) is 0 Å². The van der Waals surface area contributed by atoms with Crippen molar-refractivity contribution in [2.45, 2.75) is 83.0 Å². The molecule has 0 radical (unpaired) electrons. The Kier molecular flexibility index (Phi) is 5.46. The van der Waals surface area contributed by atoms with Gasteiger partial charge in [-0.15, -0.1) is 0 Å². The number of piperazine rings is 1. The second-order valence-electron chi connectivity index (χ2n) is 6.04. The Morgan fingerprint density at radius 3 is 2.61 bits per heavy atom. The van der Waals surface area contributed by atoms with Crippen molar-refractivity contribution in [1.29, 1.82) is 0 Å². The van der Waals surface area contributed by atoms with Crippen molar-refractivity contribution in [2.24, 2.45) is 0 Å². The number of aliphatic hydroxyl groups is 1. The molecule has 1 saturated heterocycles. The Morgan fingerprint density at radius 2 is 1.89 bits per heavy atom. The highest BCUT2D eigenvalue weighted by molar-refractivity contribution is 4.92. The van der Waals surface area contributed by atoms with Crippen molar-refractivity contribution in [3.05, 3.63) is 0 Å². The van der Waals surface area contributed by atoms with Crippen LogP contribution in [0.25, 0.3) is 0 Å². The van der Waals surface area contributed by atoms with Crippen LogP contribution in [0.2, 0.25) is 0 Å². The zero-order chi connectivity index (χ0) is 13.0. The van der Waals surface area contributed by atoms with Gasteiger partial charge in [0.2, 0.25) is 0 Å². The van der Waals surface area contributed by atoms with Crippen molar-refractivity contribution in [2.75, 3.05) is 13.1 Å².